The molecule has 0 aliphatic carbocycles. The van der Waals surface area contributed by atoms with Crippen LogP contribution < -0.4 is 5.32 Å². The van der Waals surface area contributed by atoms with Gasteiger partial charge in [0.05, 0.1) is 6.04 Å². The minimum Gasteiger partial charge on any atom is -0.381 e. The van der Waals surface area contributed by atoms with Crippen LogP contribution in [0, 0.1) is 5.92 Å². The van der Waals surface area contributed by atoms with Gasteiger partial charge in [0.2, 0.25) is 5.91 Å². The molecule has 1 N–H and O–H groups in total. The first kappa shape index (κ1) is 19.2. The SMILES string of the molecule is O=C(CCc1c(Cl)cccc1Cl)NC(c1cccnc1)C1CCOCC1. The first-order valence-corrected chi connectivity index (χ1v) is 9.60. The molecule has 0 saturated carbocycles. The minimum absolute atomic E-state index is 0.0127. The van der Waals surface area contributed by atoms with E-state index in [9.17, 15) is 4.79 Å². The summed E-state index contributed by atoms with van der Waals surface area (Å²) in [5, 5.41) is 4.38. The number of amides is 1. The summed E-state index contributed by atoms with van der Waals surface area (Å²) >= 11 is 12.4. The number of halogens is 2. The molecule has 1 atom stereocenters. The third kappa shape index (κ3) is 4.97. The molecule has 1 unspecified atom stereocenters. The number of carbonyl (C=O) groups excluding carboxylic acids is 1. The van der Waals surface area contributed by atoms with Crippen LogP contribution in [0.4, 0.5) is 0 Å². The Labute approximate surface area is 163 Å². The van der Waals surface area contributed by atoms with E-state index >= 15 is 0 Å². The summed E-state index contributed by atoms with van der Waals surface area (Å²) in [7, 11) is 0. The summed E-state index contributed by atoms with van der Waals surface area (Å²) in [4.78, 5) is 16.8. The average Bonchev–Trinajstić information content (AvgIpc) is 2.67. The van der Waals surface area contributed by atoms with Gasteiger partial charge in [-0.05, 0) is 54.5 Å². The molecule has 6 heteroatoms. The number of benzene rings is 1. The van der Waals surface area contributed by atoms with Gasteiger partial charge >= 0.3 is 0 Å². The molecule has 1 aliphatic rings. The molecular formula is C20H22Cl2N2O2. The second-order valence-corrected chi connectivity index (χ2v) is 7.30. The number of ether oxygens (including phenoxy) is 1. The van der Waals surface area contributed by atoms with E-state index in [4.69, 9.17) is 27.9 Å². The van der Waals surface area contributed by atoms with Gasteiger partial charge in [-0.15, -0.1) is 0 Å². The van der Waals surface area contributed by atoms with E-state index in [2.05, 4.69) is 10.3 Å². The van der Waals surface area contributed by atoms with Crippen LogP contribution in [0.1, 0.15) is 36.4 Å². The number of rotatable bonds is 6. The van der Waals surface area contributed by atoms with Crippen molar-refractivity contribution in [1.82, 2.24) is 10.3 Å². The molecule has 138 valence electrons. The minimum atomic E-state index is -0.0539. The Balaban J connectivity index is 1.67. The normalized spacial score (nSPS) is 16.2. The summed E-state index contributed by atoms with van der Waals surface area (Å²) < 4.78 is 5.46. The van der Waals surface area contributed by atoms with E-state index in [1.165, 1.54) is 0 Å². The Morgan fingerprint density at radius 2 is 1.92 bits per heavy atom. The summed E-state index contributed by atoms with van der Waals surface area (Å²) in [6, 6.07) is 9.25. The maximum atomic E-state index is 12.6. The van der Waals surface area contributed by atoms with Crippen LogP contribution in [-0.4, -0.2) is 24.1 Å². The molecule has 4 nitrogen and oxygen atoms in total. The maximum Gasteiger partial charge on any atom is 0.220 e. The van der Waals surface area contributed by atoms with Crippen molar-refractivity contribution in [3.8, 4) is 0 Å². The van der Waals surface area contributed by atoms with Crippen LogP contribution >= 0.6 is 23.2 Å². The second kappa shape index (κ2) is 9.36. The molecule has 1 amide bonds. The number of aromatic nitrogens is 1. The van der Waals surface area contributed by atoms with Gasteiger partial charge in [-0.2, -0.15) is 0 Å². The highest BCUT2D eigenvalue weighted by molar-refractivity contribution is 6.36. The molecule has 0 radical (unpaired) electrons. The van der Waals surface area contributed by atoms with Crippen LogP contribution in [-0.2, 0) is 16.0 Å². The van der Waals surface area contributed by atoms with Crippen molar-refractivity contribution in [3.63, 3.8) is 0 Å². The third-order valence-electron chi connectivity index (χ3n) is 4.76. The van der Waals surface area contributed by atoms with E-state index in [0.29, 0.717) is 28.8 Å². The van der Waals surface area contributed by atoms with Crippen LogP contribution in [0.5, 0.6) is 0 Å². The molecule has 0 spiro atoms. The smallest absolute Gasteiger partial charge is 0.220 e. The molecule has 0 bridgehead atoms. The van der Waals surface area contributed by atoms with Gasteiger partial charge in [0.1, 0.15) is 0 Å². The van der Waals surface area contributed by atoms with Gasteiger partial charge in [0, 0.05) is 42.1 Å². The van der Waals surface area contributed by atoms with Crippen molar-refractivity contribution in [1.29, 1.82) is 0 Å². The monoisotopic (exact) mass is 392 g/mol. The molecule has 26 heavy (non-hydrogen) atoms. The number of hydrogen-bond donors (Lipinski definition) is 1. The first-order chi connectivity index (χ1) is 12.6. The summed E-state index contributed by atoms with van der Waals surface area (Å²) in [6.45, 7) is 1.46. The van der Waals surface area contributed by atoms with E-state index in [1.807, 2.05) is 18.3 Å². The van der Waals surface area contributed by atoms with Crippen molar-refractivity contribution in [2.45, 2.75) is 31.7 Å². The lowest BCUT2D eigenvalue weighted by atomic mass is 9.87. The fourth-order valence-corrected chi connectivity index (χ4v) is 3.92. The van der Waals surface area contributed by atoms with Crippen molar-refractivity contribution in [2.24, 2.45) is 5.92 Å². The lowest BCUT2D eigenvalue weighted by molar-refractivity contribution is -0.122. The lowest BCUT2D eigenvalue weighted by Gasteiger charge is -2.31. The second-order valence-electron chi connectivity index (χ2n) is 6.48. The van der Waals surface area contributed by atoms with Gasteiger partial charge in [-0.1, -0.05) is 35.3 Å². The maximum absolute atomic E-state index is 12.6. The zero-order valence-corrected chi connectivity index (χ0v) is 16.0. The van der Waals surface area contributed by atoms with Gasteiger partial charge in [0.15, 0.2) is 0 Å². The topological polar surface area (TPSA) is 51.2 Å². The summed E-state index contributed by atoms with van der Waals surface area (Å²) in [5.74, 6) is 0.335. The predicted molar refractivity (Wildman–Crippen MR) is 103 cm³/mol. The van der Waals surface area contributed by atoms with E-state index < -0.39 is 0 Å². The van der Waals surface area contributed by atoms with E-state index in [1.54, 1.807) is 24.4 Å². The highest BCUT2D eigenvalue weighted by atomic mass is 35.5. The lowest BCUT2D eigenvalue weighted by Crippen LogP contribution is -2.36. The molecule has 1 fully saturated rings. The molecule has 3 rings (SSSR count). The Morgan fingerprint density at radius 3 is 2.58 bits per heavy atom. The number of nitrogens with zero attached hydrogens (tertiary/aromatic N) is 1. The standard InChI is InChI=1S/C20H22Cl2N2O2/c21-17-4-1-5-18(22)16(17)6-7-19(25)24-20(14-8-11-26-12-9-14)15-3-2-10-23-13-15/h1-5,10,13-14,20H,6-9,11-12H2,(H,24,25). The van der Waals surface area contributed by atoms with Crippen molar-refractivity contribution >= 4 is 29.1 Å². The molecule has 1 saturated heterocycles. The van der Waals surface area contributed by atoms with Gasteiger partial charge in [0.25, 0.3) is 0 Å². The molecule has 2 aromatic rings. The number of pyridine rings is 1. The van der Waals surface area contributed by atoms with Crippen molar-refractivity contribution < 1.29 is 9.53 Å². The highest BCUT2D eigenvalue weighted by Crippen LogP contribution is 2.30. The third-order valence-corrected chi connectivity index (χ3v) is 5.47. The fraction of sp³-hybridized carbons (Fsp3) is 0.400. The van der Waals surface area contributed by atoms with Crippen LogP contribution in [0.25, 0.3) is 0 Å². The largest absolute Gasteiger partial charge is 0.381 e. The summed E-state index contributed by atoms with van der Waals surface area (Å²) in [5.41, 5.74) is 1.85. The Morgan fingerprint density at radius 1 is 1.19 bits per heavy atom. The fourth-order valence-electron chi connectivity index (χ4n) is 3.34. The van der Waals surface area contributed by atoms with Crippen LogP contribution in [0.15, 0.2) is 42.7 Å². The van der Waals surface area contributed by atoms with E-state index in [0.717, 1.165) is 37.2 Å². The van der Waals surface area contributed by atoms with Crippen LogP contribution in [0.3, 0.4) is 0 Å². The molecule has 2 heterocycles. The zero-order chi connectivity index (χ0) is 18.4. The highest BCUT2D eigenvalue weighted by Gasteiger charge is 2.27. The predicted octanol–water partition coefficient (Wildman–Crippen LogP) is 4.61. The van der Waals surface area contributed by atoms with Gasteiger partial charge in [-0.3, -0.25) is 9.78 Å². The van der Waals surface area contributed by atoms with Gasteiger partial charge < -0.3 is 10.1 Å². The van der Waals surface area contributed by atoms with Gasteiger partial charge in [-0.25, -0.2) is 0 Å². The number of hydrogen-bond acceptors (Lipinski definition) is 3. The molecule has 1 aromatic heterocycles. The molecular weight excluding hydrogens is 371 g/mol. The first-order valence-electron chi connectivity index (χ1n) is 8.85. The van der Waals surface area contributed by atoms with Crippen molar-refractivity contribution in [2.75, 3.05) is 13.2 Å². The quantitative estimate of drug-likeness (QED) is 0.780. The van der Waals surface area contributed by atoms with Crippen LogP contribution in [0.2, 0.25) is 10.0 Å². The number of nitrogens with one attached hydrogen (secondary N) is 1. The average molecular weight is 393 g/mol. The summed E-state index contributed by atoms with van der Waals surface area (Å²) in [6.07, 6.45) is 6.27. The Hall–Kier alpha value is -1.62. The van der Waals surface area contributed by atoms with E-state index in [-0.39, 0.29) is 11.9 Å². The number of carbonyl (C=O) groups is 1. The van der Waals surface area contributed by atoms with Crippen molar-refractivity contribution in [3.05, 3.63) is 63.9 Å². The Bertz CT molecular complexity index is 714. The molecule has 1 aliphatic heterocycles. The zero-order valence-electron chi connectivity index (χ0n) is 14.5. The molecule has 1 aromatic carbocycles. The Kier molecular flexibility index (Phi) is 6.89.